The number of hydrogen-bond donors (Lipinski definition) is 0. The molecule has 0 bridgehead atoms. The SMILES string of the molecule is Brc1ccccc1/N=N/c1ccccc1Br. The van der Waals surface area contributed by atoms with Crippen LogP contribution in [0.4, 0.5) is 11.4 Å². The van der Waals surface area contributed by atoms with E-state index in [9.17, 15) is 0 Å². The summed E-state index contributed by atoms with van der Waals surface area (Å²) in [6.45, 7) is 0. The Balaban J connectivity index is 2.29. The quantitative estimate of drug-likeness (QED) is 0.634. The van der Waals surface area contributed by atoms with Crippen LogP contribution in [0, 0.1) is 0 Å². The van der Waals surface area contributed by atoms with Crippen LogP contribution in [-0.2, 0) is 0 Å². The molecule has 2 aromatic rings. The van der Waals surface area contributed by atoms with E-state index in [1.165, 1.54) is 0 Å². The van der Waals surface area contributed by atoms with Crippen LogP contribution < -0.4 is 0 Å². The van der Waals surface area contributed by atoms with E-state index in [1.807, 2.05) is 48.5 Å². The molecule has 80 valence electrons. The monoisotopic (exact) mass is 338 g/mol. The fourth-order valence-corrected chi connectivity index (χ4v) is 1.90. The van der Waals surface area contributed by atoms with E-state index >= 15 is 0 Å². The smallest absolute Gasteiger partial charge is 0.0998 e. The first-order valence-electron chi connectivity index (χ1n) is 4.68. The number of halogens is 2. The molecule has 2 rings (SSSR count). The van der Waals surface area contributed by atoms with Gasteiger partial charge in [0.25, 0.3) is 0 Å². The Bertz CT molecular complexity index is 476. The highest BCUT2D eigenvalue weighted by Crippen LogP contribution is 2.29. The fraction of sp³-hybridized carbons (Fsp3) is 0. The van der Waals surface area contributed by atoms with Crippen LogP contribution >= 0.6 is 31.9 Å². The van der Waals surface area contributed by atoms with E-state index in [0.29, 0.717) is 0 Å². The minimum Gasteiger partial charge on any atom is -0.149 e. The third-order valence-corrected chi connectivity index (χ3v) is 3.31. The second-order valence-corrected chi connectivity index (χ2v) is 4.81. The van der Waals surface area contributed by atoms with Gasteiger partial charge in [0.05, 0.1) is 11.4 Å². The maximum absolute atomic E-state index is 4.18. The van der Waals surface area contributed by atoms with Gasteiger partial charge in [-0.25, -0.2) is 0 Å². The van der Waals surface area contributed by atoms with Crippen molar-refractivity contribution in [1.29, 1.82) is 0 Å². The summed E-state index contributed by atoms with van der Waals surface area (Å²) in [6.07, 6.45) is 0. The molecular formula is C12H8Br2N2. The zero-order chi connectivity index (χ0) is 11.4. The summed E-state index contributed by atoms with van der Waals surface area (Å²) in [5.41, 5.74) is 1.64. The molecule has 0 aliphatic carbocycles. The minimum atomic E-state index is 0.818. The number of nitrogens with zero attached hydrogens (tertiary/aromatic N) is 2. The Morgan fingerprint density at radius 3 is 1.38 bits per heavy atom. The maximum atomic E-state index is 4.18. The van der Waals surface area contributed by atoms with Crippen molar-refractivity contribution in [3.05, 3.63) is 57.5 Å². The topological polar surface area (TPSA) is 24.7 Å². The molecule has 2 nitrogen and oxygen atoms in total. The summed E-state index contributed by atoms with van der Waals surface area (Å²) in [5, 5.41) is 8.37. The number of hydrogen-bond acceptors (Lipinski definition) is 2. The molecule has 0 unspecified atom stereocenters. The van der Waals surface area contributed by atoms with Crippen LogP contribution in [0.5, 0.6) is 0 Å². The van der Waals surface area contributed by atoms with Gasteiger partial charge in [0.1, 0.15) is 0 Å². The van der Waals surface area contributed by atoms with Crippen LogP contribution in [0.1, 0.15) is 0 Å². The average molecular weight is 340 g/mol. The molecule has 0 saturated heterocycles. The lowest BCUT2D eigenvalue weighted by Crippen LogP contribution is -1.68. The third kappa shape index (κ3) is 2.77. The highest BCUT2D eigenvalue weighted by molar-refractivity contribution is 9.11. The molecule has 0 spiro atoms. The van der Waals surface area contributed by atoms with Gasteiger partial charge in [-0.05, 0) is 56.1 Å². The normalized spacial score (nSPS) is 10.9. The molecule has 0 amide bonds. The van der Waals surface area contributed by atoms with Crippen molar-refractivity contribution >= 4 is 43.2 Å². The van der Waals surface area contributed by atoms with Crippen molar-refractivity contribution in [2.75, 3.05) is 0 Å². The number of benzene rings is 2. The molecule has 0 saturated carbocycles. The third-order valence-electron chi connectivity index (χ3n) is 1.97. The van der Waals surface area contributed by atoms with E-state index in [2.05, 4.69) is 42.1 Å². The van der Waals surface area contributed by atoms with Crippen LogP contribution in [0.15, 0.2) is 67.7 Å². The zero-order valence-corrected chi connectivity index (χ0v) is 11.4. The van der Waals surface area contributed by atoms with E-state index < -0.39 is 0 Å². The van der Waals surface area contributed by atoms with Gasteiger partial charge in [-0.2, -0.15) is 0 Å². The second-order valence-electron chi connectivity index (χ2n) is 3.10. The molecule has 0 aliphatic rings. The lowest BCUT2D eigenvalue weighted by atomic mass is 10.3. The predicted octanol–water partition coefficient (Wildman–Crippen LogP) is 5.63. The van der Waals surface area contributed by atoms with Crippen LogP contribution in [0.2, 0.25) is 0 Å². The van der Waals surface area contributed by atoms with E-state index in [0.717, 1.165) is 20.3 Å². The van der Waals surface area contributed by atoms with Gasteiger partial charge in [-0.3, -0.25) is 0 Å². The Hall–Kier alpha value is -1.000. The lowest BCUT2D eigenvalue weighted by Gasteiger charge is -1.97. The molecule has 2 aromatic carbocycles. The summed E-state index contributed by atoms with van der Waals surface area (Å²) in [5.74, 6) is 0. The van der Waals surface area contributed by atoms with Crippen molar-refractivity contribution < 1.29 is 0 Å². The largest absolute Gasteiger partial charge is 0.149 e. The molecular weight excluding hydrogens is 332 g/mol. The van der Waals surface area contributed by atoms with Crippen molar-refractivity contribution in [2.45, 2.75) is 0 Å². The van der Waals surface area contributed by atoms with E-state index in [1.54, 1.807) is 0 Å². The first-order chi connectivity index (χ1) is 7.77. The molecule has 0 radical (unpaired) electrons. The summed E-state index contributed by atoms with van der Waals surface area (Å²) in [7, 11) is 0. The Labute approximate surface area is 111 Å². The highest BCUT2D eigenvalue weighted by atomic mass is 79.9. The average Bonchev–Trinajstić information content (AvgIpc) is 2.30. The summed E-state index contributed by atoms with van der Waals surface area (Å²) in [4.78, 5) is 0. The molecule has 0 heterocycles. The van der Waals surface area contributed by atoms with Crippen molar-refractivity contribution in [2.24, 2.45) is 10.2 Å². The van der Waals surface area contributed by atoms with Crippen LogP contribution in [0.25, 0.3) is 0 Å². The molecule has 0 fully saturated rings. The molecule has 0 aliphatic heterocycles. The second kappa shape index (κ2) is 5.37. The van der Waals surface area contributed by atoms with E-state index in [4.69, 9.17) is 0 Å². The van der Waals surface area contributed by atoms with Gasteiger partial charge >= 0.3 is 0 Å². The number of rotatable bonds is 2. The molecule has 0 aromatic heterocycles. The van der Waals surface area contributed by atoms with Gasteiger partial charge in [-0.1, -0.05) is 24.3 Å². The maximum Gasteiger partial charge on any atom is 0.0998 e. The highest BCUT2D eigenvalue weighted by Gasteiger charge is 1.97. The summed E-state index contributed by atoms with van der Waals surface area (Å²) < 4.78 is 1.87. The lowest BCUT2D eigenvalue weighted by molar-refractivity contribution is 1.22. The van der Waals surface area contributed by atoms with Crippen molar-refractivity contribution in [3.8, 4) is 0 Å². The van der Waals surface area contributed by atoms with Gasteiger partial charge in [0.15, 0.2) is 0 Å². The summed E-state index contributed by atoms with van der Waals surface area (Å²) >= 11 is 6.85. The molecule has 0 atom stereocenters. The zero-order valence-electron chi connectivity index (χ0n) is 8.27. The first-order valence-corrected chi connectivity index (χ1v) is 6.27. The fourth-order valence-electron chi connectivity index (χ4n) is 1.17. The van der Waals surface area contributed by atoms with Gasteiger partial charge in [-0.15, -0.1) is 10.2 Å². The predicted molar refractivity (Wildman–Crippen MR) is 72.5 cm³/mol. The Morgan fingerprint density at radius 1 is 0.625 bits per heavy atom. The number of azo groups is 1. The Morgan fingerprint density at radius 2 is 1.00 bits per heavy atom. The molecule has 4 heteroatoms. The van der Waals surface area contributed by atoms with Crippen LogP contribution in [0.3, 0.4) is 0 Å². The van der Waals surface area contributed by atoms with Gasteiger partial charge in [0.2, 0.25) is 0 Å². The van der Waals surface area contributed by atoms with Gasteiger partial charge < -0.3 is 0 Å². The van der Waals surface area contributed by atoms with Crippen molar-refractivity contribution in [1.82, 2.24) is 0 Å². The Kier molecular flexibility index (Phi) is 3.85. The van der Waals surface area contributed by atoms with Crippen LogP contribution in [-0.4, -0.2) is 0 Å². The van der Waals surface area contributed by atoms with E-state index in [-0.39, 0.29) is 0 Å². The first kappa shape index (κ1) is 11.5. The molecule has 0 N–H and O–H groups in total. The standard InChI is InChI=1S/C12H8Br2N2/c13-9-5-1-3-7-11(9)15-16-12-8-4-2-6-10(12)14/h1-8H/b16-15+. The van der Waals surface area contributed by atoms with Crippen molar-refractivity contribution in [3.63, 3.8) is 0 Å². The summed E-state index contributed by atoms with van der Waals surface area (Å²) in [6, 6.07) is 15.4. The minimum absolute atomic E-state index is 0.818. The van der Waals surface area contributed by atoms with Gasteiger partial charge in [0, 0.05) is 8.95 Å². The molecule has 16 heavy (non-hydrogen) atoms.